The molecule has 0 saturated carbocycles. The van der Waals surface area contributed by atoms with Crippen LogP contribution in [0.2, 0.25) is 0 Å². The number of rotatable bonds is 5. The predicted molar refractivity (Wildman–Crippen MR) is 94.0 cm³/mol. The molecule has 0 aromatic heterocycles. The van der Waals surface area contributed by atoms with Crippen LogP contribution in [0.5, 0.6) is 0 Å². The van der Waals surface area contributed by atoms with Gasteiger partial charge in [-0.15, -0.1) is 0 Å². The molecule has 2 rings (SSSR count). The summed E-state index contributed by atoms with van der Waals surface area (Å²) in [5, 5.41) is 5.69. The molecular formula is C17H25F3N4O. The normalized spacial score (nSPS) is 18.1. The van der Waals surface area contributed by atoms with E-state index in [1.165, 1.54) is 6.07 Å². The van der Waals surface area contributed by atoms with Gasteiger partial charge in [-0.25, -0.2) is 0 Å². The fraction of sp³-hybridized carbons (Fsp3) is 0.588. The molecule has 8 heteroatoms. The Balaban J connectivity index is 2.38. The summed E-state index contributed by atoms with van der Waals surface area (Å²) in [6.45, 7) is 2.76. The van der Waals surface area contributed by atoms with Crippen LogP contribution in [0.15, 0.2) is 12.1 Å². The molecule has 1 aromatic carbocycles. The van der Waals surface area contributed by atoms with Crippen LogP contribution in [0.3, 0.4) is 0 Å². The molecule has 1 saturated heterocycles. The first kappa shape index (κ1) is 19.2. The van der Waals surface area contributed by atoms with E-state index >= 15 is 0 Å². The van der Waals surface area contributed by atoms with Gasteiger partial charge in [0.05, 0.1) is 28.5 Å². The number of carbonyl (C=O) groups excluding carboxylic acids is 1. The van der Waals surface area contributed by atoms with Crippen LogP contribution >= 0.6 is 0 Å². The number of carbonyl (C=O) groups is 1. The monoisotopic (exact) mass is 358 g/mol. The van der Waals surface area contributed by atoms with Gasteiger partial charge in [-0.1, -0.05) is 6.92 Å². The second-order valence-electron chi connectivity index (χ2n) is 6.29. The number of halogens is 3. The minimum atomic E-state index is -4.23. The summed E-state index contributed by atoms with van der Waals surface area (Å²) in [7, 11) is 1.68. The van der Waals surface area contributed by atoms with Gasteiger partial charge in [0.25, 0.3) is 5.91 Å². The third-order valence-corrected chi connectivity index (χ3v) is 4.44. The first-order chi connectivity index (χ1) is 11.8. The van der Waals surface area contributed by atoms with E-state index < -0.39 is 12.1 Å². The molecule has 1 fully saturated rings. The quantitative estimate of drug-likeness (QED) is 0.707. The number of amides is 1. The van der Waals surface area contributed by atoms with Gasteiger partial charge in [-0.3, -0.25) is 4.79 Å². The van der Waals surface area contributed by atoms with E-state index in [4.69, 9.17) is 5.73 Å². The predicted octanol–water partition coefficient (Wildman–Crippen LogP) is 3.23. The first-order valence-electron chi connectivity index (χ1n) is 8.49. The third kappa shape index (κ3) is 4.49. The maximum Gasteiger partial charge on any atom is 0.393 e. The number of hydrogen-bond acceptors (Lipinski definition) is 4. The molecule has 1 heterocycles. The van der Waals surface area contributed by atoms with E-state index in [0.717, 1.165) is 6.42 Å². The van der Waals surface area contributed by atoms with E-state index in [9.17, 15) is 18.0 Å². The molecule has 1 atom stereocenters. The number of anilines is 3. The summed E-state index contributed by atoms with van der Waals surface area (Å²) < 4.78 is 39.4. The Morgan fingerprint density at radius 2 is 2.12 bits per heavy atom. The number of piperidine rings is 1. The van der Waals surface area contributed by atoms with Crippen LogP contribution in [-0.2, 0) is 0 Å². The summed E-state index contributed by atoms with van der Waals surface area (Å²) in [6, 6.07) is 3.19. The van der Waals surface area contributed by atoms with Crippen molar-refractivity contribution in [3.63, 3.8) is 0 Å². The van der Waals surface area contributed by atoms with Crippen molar-refractivity contribution in [3.05, 3.63) is 17.7 Å². The Bertz CT molecular complexity index is 619. The second-order valence-corrected chi connectivity index (χ2v) is 6.29. The first-order valence-corrected chi connectivity index (χ1v) is 8.49. The summed E-state index contributed by atoms with van der Waals surface area (Å²) in [6.07, 6.45) is -2.92. The maximum absolute atomic E-state index is 13.1. The molecule has 0 spiro atoms. The Hall–Kier alpha value is -2.12. The van der Waals surface area contributed by atoms with Crippen molar-refractivity contribution >= 4 is 23.0 Å². The van der Waals surface area contributed by atoms with Crippen molar-refractivity contribution in [2.24, 2.45) is 5.92 Å². The lowest BCUT2D eigenvalue weighted by Gasteiger charge is -2.36. The zero-order chi connectivity index (χ0) is 18.6. The van der Waals surface area contributed by atoms with Crippen LogP contribution in [0.25, 0.3) is 0 Å². The van der Waals surface area contributed by atoms with Crippen LogP contribution in [-0.4, -0.2) is 38.8 Å². The number of alkyl halides is 3. The Kier molecular flexibility index (Phi) is 6.02. The highest BCUT2D eigenvalue weighted by Crippen LogP contribution is 2.37. The van der Waals surface area contributed by atoms with Crippen LogP contribution < -0.4 is 21.3 Å². The average molecular weight is 358 g/mol. The van der Waals surface area contributed by atoms with Crippen LogP contribution in [0.1, 0.15) is 36.5 Å². The van der Waals surface area contributed by atoms with E-state index in [1.807, 2.05) is 6.92 Å². The van der Waals surface area contributed by atoms with Crippen molar-refractivity contribution in [2.45, 2.75) is 32.4 Å². The second kappa shape index (κ2) is 7.84. The zero-order valence-electron chi connectivity index (χ0n) is 14.5. The van der Waals surface area contributed by atoms with Crippen molar-refractivity contribution in [1.82, 2.24) is 5.32 Å². The molecule has 0 aliphatic carbocycles. The van der Waals surface area contributed by atoms with E-state index in [2.05, 4.69) is 10.6 Å². The molecule has 4 N–H and O–H groups in total. The molecule has 0 bridgehead atoms. The summed E-state index contributed by atoms with van der Waals surface area (Å²) >= 11 is 0. The lowest BCUT2D eigenvalue weighted by Crippen LogP contribution is -2.42. The smallest absolute Gasteiger partial charge is 0.393 e. The van der Waals surface area contributed by atoms with Crippen LogP contribution in [0.4, 0.5) is 30.2 Å². The van der Waals surface area contributed by atoms with Gasteiger partial charge in [-0.2, -0.15) is 13.2 Å². The van der Waals surface area contributed by atoms with Gasteiger partial charge in [0.2, 0.25) is 0 Å². The minimum absolute atomic E-state index is 0.116. The molecule has 140 valence electrons. The third-order valence-electron chi connectivity index (χ3n) is 4.44. The molecule has 1 amide bonds. The number of nitrogens with two attached hydrogens (primary N) is 1. The zero-order valence-corrected chi connectivity index (χ0v) is 14.5. The van der Waals surface area contributed by atoms with Gasteiger partial charge in [-0.05, 0) is 31.4 Å². The SMILES string of the molecule is CCCNC(=O)c1cc(N)c(NC)cc1N1CCCC(C(F)(F)F)C1. The molecule has 25 heavy (non-hydrogen) atoms. The van der Waals surface area contributed by atoms with E-state index in [-0.39, 0.29) is 18.9 Å². The molecule has 1 aromatic rings. The van der Waals surface area contributed by atoms with Crippen molar-refractivity contribution < 1.29 is 18.0 Å². The summed E-state index contributed by atoms with van der Waals surface area (Å²) in [5.74, 6) is -1.70. The Labute approximate surface area is 145 Å². The lowest BCUT2D eigenvalue weighted by atomic mass is 9.96. The van der Waals surface area contributed by atoms with Gasteiger partial charge in [0.15, 0.2) is 0 Å². The molecular weight excluding hydrogens is 333 g/mol. The highest BCUT2D eigenvalue weighted by atomic mass is 19.4. The molecule has 1 aliphatic rings. The van der Waals surface area contributed by atoms with Gasteiger partial charge >= 0.3 is 6.18 Å². The van der Waals surface area contributed by atoms with Crippen LogP contribution in [0, 0.1) is 5.92 Å². The summed E-state index contributed by atoms with van der Waals surface area (Å²) in [4.78, 5) is 14.1. The average Bonchev–Trinajstić information content (AvgIpc) is 2.58. The number of nitrogens with zero attached hydrogens (tertiary/aromatic N) is 1. The molecule has 5 nitrogen and oxygen atoms in total. The van der Waals surface area contributed by atoms with E-state index in [0.29, 0.717) is 42.1 Å². The topological polar surface area (TPSA) is 70.4 Å². The van der Waals surface area contributed by atoms with E-state index in [1.54, 1.807) is 18.0 Å². The van der Waals surface area contributed by atoms with Gasteiger partial charge < -0.3 is 21.3 Å². The number of nitrogen functional groups attached to an aromatic ring is 1. The standard InChI is InChI=1S/C17H25F3N4O/c1-3-6-23-16(25)12-8-13(21)14(22-2)9-15(12)24-7-4-5-11(10-24)17(18,19)20/h8-9,11,22H,3-7,10,21H2,1-2H3,(H,23,25). The highest BCUT2D eigenvalue weighted by Gasteiger charge is 2.42. The minimum Gasteiger partial charge on any atom is -0.397 e. The molecule has 0 radical (unpaired) electrons. The lowest BCUT2D eigenvalue weighted by molar-refractivity contribution is -0.175. The molecule has 1 aliphatic heterocycles. The maximum atomic E-state index is 13.1. The van der Waals surface area contributed by atoms with Crippen molar-refractivity contribution in [2.75, 3.05) is 42.6 Å². The summed E-state index contributed by atoms with van der Waals surface area (Å²) in [5.41, 5.74) is 7.73. The van der Waals surface area contributed by atoms with Crippen molar-refractivity contribution in [1.29, 1.82) is 0 Å². The molecule has 1 unspecified atom stereocenters. The Morgan fingerprint density at radius 3 is 2.72 bits per heavy atom. The largest absolute Gasteiger partial charge is 0.397 e. The fourth-order valence-corrected chi connectivity index (χ4v) is 3.06. The highest BCUT2D eigenvalue weighted by molar-refractivity contribution is 6.02. The Morgan fingerprint density at radius 1 is 1.40 bits per heavy atom. The number of nitrogens with one attached hydrogen (secondary N) is 2. The van der Waals surface area contributed by atoms with Crippen molar-refractivity contribution in [3.8, 4) is 0 Å². The van der Waals surface area contributed by atoms with Gasteiger partial charge in [0.1, 0.15) is 0 Å². The number of benzene rings is 1. The fourth-order valence-electron chi connectivity index (χ4n) is 3.06. The van der Waals surface area contributed by atoms with Gasteiger partial charge in [0, 0.05) is 26.7 Å². The number of hydrogen-bond donors (Lipinski definition) is 3.